The normalized spacial score (nSPS) is 9.48. The molecule has 0 aliphatic heterocycles. The van der Waals surface area contributed by atoms with Crippen molar-refractivity contribution in [2.45, 2.75) is 6.61 Å². The fraction of sp³-hybridized carbons (Fsp3) is 0.0667. The smallest absolute Gasteiger partial charge is 0.249 e. The number of hydrogen-bond acceptors (Lipinski definition) is 4. The van der Waals surface area contributed by atoms with Crippen LogP contribution in [0.5, 0.6) is 11.5 Å². The van der Waals surface area contributed by atoms with Crippen LogP contribution in [0.3, 0.4) is 0 Å². The van der Waals surface area contributed by atoms with Crippen molar-refractivity contribution in [2.24, 2.45) is 10.2 Å². The molecule has 0 aliphatic carbocycles. The monoisotopic (exact) mass is 338 g/mol. The van der Waals surface area contributed by atoms with Crippen LogP contribution in [0.1, 0.15) is 26.3 Å². The van der Waals surface area contributed by atoms with Gasteiger partial charge in [-0.1, -0.05) is 12.1 Å². The molecule has 0 spiro atoms. The standard InChI is InChI=1S/C15H10N6O4/c16-20-18-14(23)10-5-11(15(24)19-21-17)7-13(6-10)25-12-3-1-9(8-22)2-4-12/h1-7,22H,8H2. The third-order valence-electron chi connectivity index (χ3n) is 3.01. The quantitative estimate of drug-likeness (QED) is 0.497. The van der Waals surface area contributed by atoms with Crippen molar-refractivity contribution >= 4 is 11.8 Å². The van der Waals surface area contributed by atoms with Crippen molar-refractivity contribution in [3.05, 3.63) is 80.0 Å². The Kier molecular flexibility index (Phi) is 5.70. The molecule has 0 fully saturated rings. The second kappa shape index (κ2) is 8.14. The number of rotatable bonds is 5. The Morgan fingerprint density at radius 1 is 0.920 bits per heavy atom. The Balaban J connectivity index is 2.43. The van der Waals surface area contributed by atoms with E-state index in [2.05, 4.69) is 20.1 Å². The Morgan fingerprint density at radius 2 is 1.44 bits per heavy atom. The van der Waals surface area contributed by atoms with Crippen LogP contribution in [0.15, 0.2) is 52.7 Å². The molecule has 0 atom stereocenters. The predicted octanol–water partition coefficient (Wildman–Crippen LogP) is 3.87. The SMILES string of the molecule is [N-]=[N+]=NC(=O)c1cc(Oc2ccc(CO)cc2)cc(C(=O)N=[N+]=[N-])c1. The molecule has 0 aromatic heterocycles. The van der Waals surface area contributed by atoms with Gasteiger partial charge < -0.3 is 9.84 Å². The number of ether oxygens (including phenoxy) is 1. The van der Waals surface area contributed by atoms with E-state index in [-0.39, 0.29) is 23.5 Å². The van der Waals surface area contributed by atoms with E-state index < -0.39 is 11.8 Å². The Hall–Kier alpha value is -3.84. The van der Waals surface area contributed by atoms with E-state index in [1.54, 1.807) is 24.3 Å². The van der Waals surface area contributed by atoms with Crippen molar-refractivity contribution in [2.75, 3.05) is 0 Å². The molecule has 0 bridgehead atoms. The first-order valence-electron chi connectivity index (χ1n) is 6.79. The fourth-order valence-electron chi connectivity index (χ4n) is 1.90. The van der Waals surface area contributed by atoms with Gasteiger partial charge >= 0.3 is 0 Å². The minimum Gasteiger partial charge on any atom is -0.457 e. The zero-order valence-electron chi connectivity index (χ0n) is 12.6. The predicted molar refractivity (Wildman–Crippen MR) is 85.8 cm³/mol. The maximum Gasteiger partial charge on any atom is 0.249 e. The highest BCUT2D eigenvalue weighted by atomic mass is 16.5. The Bertz CT molecular complexity index is 864. The van der Waals surface area contributed by atoms with Crippen LogP contribution in [0.25, 0.3) is 20.9 Å². The van der Waals surface area contributed by atoms with Crippen LogP contribution >= 0.6 is 0 Å². The number of azide groups is 2. The van der Waals surface area contributed by atoms with Crippen molar-refractivity contribution in [1.82, 2.24) is 0 Å². The molecule has 2 rings (SSSR count). The number of aliphatic hydroxyl groups is 1. The Morgan fingerprint density at radius 3 is 1.88 bits per heavy atom. The molecule has 0 unspecified atom stereocenters. The molecule has 1 N–H and O–H groups in total. The van der Waals surface area contributed by atoms with Crippen LogP contribution in [0, 0.1) is 0 Å². The van der Waals surface area contributed by atoms with Crippen molar-refractivity contribution < 1.29 is 19.4 Å². The second-order valence-electron chi connectivity index (χ2n) is 4.64. The third-order valence-corrected chi connectivity index (χ3v) is 3.01. The zero-order chi connectivity index (χ0) is 18.2. The van der Waals surface area contributed by atoms with Gasteiger partial charge in [-0.3, -0.25) is 9.59 Å². The lowest BCUT2D eigenvalue weighted by molar-refractivity contribution is 0.0999. The highest BCUT2D eigenvalue weighted by molar-refractivity contribution is 6.01. The summed E-state index contributed by atoms with van der Waals surface area (Å²) in [6.07, 6.45) is 0. The minimum atomic E-state index is -0.918. The molecular weight excluding hydrogens is 328 g/mol. The van der Waals surface area contributed by atoms with Gasteiger partial charge in [0.25, 0.3) is 0 Å². The molecule has 10 heteroatoms. The summed E-state index contributed by atoms with van der Waals surface area (Å²) in [6, 6.07) is 10.1. The summed E-state index contributed by atoms with van der Waals surface area (Å²) in [5.74, 6) is -1.35. The maximum atomic E-state index is 11.7. The first-order valence-corrected chi connectivity index (χ1v) is 6.79. The van der Waals surface area contributed by atoms with Gasteiger partial charge in [-0.2, -0.15) is 0 Å². The summed E-state index contributed by atoms with van der Waals surface area (Å²) in [7, 11) is 0. The number of carbonyl (C=O) groups excluding carboxylic acids is 2. The molecule has 25 heavy (non-hydrogen) atoms. The summed E-state index contributed by atoms with van der Waals surface area (Å²) in [6.45, 7) is -0.124. The number of amides is 2. The molecule has 124 valence electrons. The second-order valence-corrected chi connectivity index (χ2v) is 4.64. The topological polar surface area (TPSA) is 161 Å². The molecule has 2 aromatic carbocycles. The summed E-state index contributed by atoms with van der Waals surface area (Å²) in [5, 5.41) is 14.9. The highest BCUT2D eigenvalue weighted by Crippen LogP contribution is 2.25. The number of carbonyl (C=O) groups is 2. The summed E-state index contributed by atoms with van der Waals surface area (Å²) in [4.78, 5) is 28.3. The molecule has 2 aromatic rings. The number of hydrogen-bond donors (Lipinski definition) is 1. The summed E-state index contributed by atoms with van der Waals surface area (Å²) < 4.78 is 5.56. The lowest BCUT2D eigenvalue weighted by atomic mass is 10.1. The average molecular weight is 338 g/mol. The molecule has 0 aliphatic rings. The van der Waals surface area contributed by atoms with Gasteiger partial charge in [0.15, 0.2) is 0 Å². The van der Waals surface area contributed by atoms with Gasteiger partial charge in [0.1, 0.15) is 11.5 Å². The van der Waals surface area contributed by atoms with Crippen LogP contribution < -0.4 is 4.74 Å². The van der Waals surface area contributed by atoms with Crippen LogP contribution in [-0.4, -0.2) is 16.9 Å². The van der Waals surface area contributed by atoms with Crippen LogP contribution in [0.2, 0.25) is 0 Å². The van der Waals surface area contributed by atoms with Crippen molar-refractivity contribution in [1.29, 1.82) is 0 Å². The van der Waals surface area contributed by atoms with Gasteiger partial charge in [-0.25, -0.2) is 0 Å². The van der Waals surface area contributed by atoms with Gasteiger partial charge in [0.05, 0.1) is 6.61 Å². The molecule has 2 amide bonds. The minimum absolute atomic E-state index is 0.0984. The lowest BCUT2D eigenvalue weighted by Gasteiger charge is -2.09. The summed E-state index contributed by atoms with van der Waals surface area (Å²) in [5.41, 5.74) is 17.2. The lowest BCUT2D eigenvalue weighted by Crippen LogP contribution is -2.01. The molecule has 10 nitrogen and oxygen atoms in total. The third kappa shape index (κ3) is 4.57. The molecule has 0 heterocycles. The molecular formula is C15H10N6O4. The first-order chi connectivity index (χ1) is 12.1. The van der Waals surface area contributed by atoms with Crippen LogP contribution in [0.4, 0.5) is 0 Å². The fourth-order valence-corrected chi connectivity index (χ4v) is 1.90. The van der Waals surface area contributed by atoms with Gasteiger partial charge in [0.2, 0.25) is 11.8 Å². The molecule has 0 radical (unpaired) electrons. The van der Waals surface area contributed by atoms with E-state index in [0.29, 0.717) is 11.3 Å². The largest absolute Gasteiger partial charge is 0.457 e. The van der Waals surface area contributed by atoms with E-state index in [0.717, 1.165) is 6.07 Å². The first kappa shape index (κ1) is 17.5. The van der Waals surface area contributed by atoms with E-state index >= 15 is 0 Å². The Labute approximate surface area is 140 Å². The molecule has 0 saturated heterocycles. The average Bonchev–Trinajstić information content (AvgIpc) is 2.62. The van der Waals surface area contributed by atoms with E-state index in [1.165, 1.54) is 12.1 Å². The van der Waals surface area contributed by atoms with E-state index in [1.807, 2.05) is 0 Å². The number of nitrogens with zero attached hydrogens (tertiary/aromatic N) is 6. The maximum absolute atomic E-state index is 11.7. The van der Waals surface area contributed by atoms with Crippen molar-refractivity contribution in [3.8, 4) is 11.5 Å². The number of benzene rings is 2. The van der Waals surface area contributed by atoms with Crippen LogP contribution in [-0.2, 0) is 6.61 Å². The van der Waals surface area contributed by atoms with E-state index in [9.17, 15) is 9.59 Å². The van der Waals surface area contributed by atoms with Crippen molar-refractivity contribution in [3.63, 3.8) is 0 Å². The zero-order valence-corrected chi connectivity index (χ0v) is 12.6. The summed E-state index contributed by atoms with van der Waals surface area (Å²) >= 11 is 0. The number of aliphatic hydroxyl groups excluding tert-OH is 1. The van der Waals surface area contributed by atoms with E-state index in [4.69, 9.17) is 20.9 Å². The molecule has 0 saturated carbocycles. The van der Waals surface area contributed by atoms with Gasteiger partial charge in [-0.05, 0) is 57.2 Å². The van der Waals surface area contributed by atoms with Gasteiger partial charge in [0, 0.05) is 21.0 Å². The van der Waals surface area contributed by atoms with Gasteiger partial charge in [-0.15, -0.1) is 0 Å². The highest BCUT2D eigenvalue weighted by Gasteiger charge is 2.13.